The maximum absolute atomic E-state index is 12.9. The van der Waals surface area contributed by atoms with E-state index in [1.165, 1.54) is 30.5 Å². The number of amides is 2. The van der Waals surface area contributed by atoms with Gasteiger partial charge in [-0.25, -0.2) is 9.78 Å². The second kappa shape index (κ2) is 9.25. The fourth-order valence-electron chi connectivity index (χ4n) is 3.19. The van der Waals surface area contributed by atoms with Crippen LogP contribution in [0.3, 0.4) is 0 Å². The molecule has 168 valence electrons. The highest BCUT2D eigenvalue weighted by Gasteiger charge is 2.41. The second-order valence-electron chi connectivity index (χ2n) is 6.83. The first-order valence-corrected chi connectivity index (χ1v) is 10.0. The lowest BCUT2D eigenvalue weighted by Crippen LogP contribution is -2.39. The lowest BCUT2D eigenvalue weighted by atomic mass is 9.96. The van der Waals surface area contributed by atoms with Crippen LogP contribution in [0.25, 0.3) is 0 Å². The van der Waals surface area contributed by atoms with Crippen LogP contribution in [0.4, 0.5) is 48.3 Å². The molecule has 1 aliphatic rings. The Morgan fingerprint density at radius 3 is 2.23 bits per heavy atom. The number of nitrogens with one attached hydrogen (secondary N) is 2. The van der Waals surface area contributed by atoms with E-state index in [0.29, 0.717) is 11.5 Å². The van der Waals surface area contributed by atoms with Crippen LogP contribution in [0.5, 0.6) is 0 Å². The molecule has 0 radical (unpaired) electrons. The van der Waals surface area contributed by atoms with Crippen LogP contribution in [0.1, 0.15) is 12.8 Å². The summed E-state index contributed by atoms with van der Waals surface area (Å²) >= 11 is -0.262. The summed E-state index contributed by atoms with van der Waals surface area (Å²) in [5.41, 5.74) is -3.81. The van der Waals surface area contributed by atoms with Gasteiger partial charge in [-0.2, -0.15) is 26.3 Å². The number of thioether (sulfide) groups is 1. The van der Waals surface area contributed by atoms with E-state index < -0.39 is 23.6 Å². The minimum Gasteiger partial charge on any atom is -0.355 e. The van der Waals surface area contributed by atoms with Gasteiger partial charge < -0.3 is 15.5 Å². The molecule has 3 rings (SSSR count). The Balaban J connectivity index is 1.61. The molecule has 1 fully saturated rings. The zero-order valence-electron chi connectivity index (χ0n) is 15.9. The third kappa shape index (κ3) is 6.68. The Bertz CT molecular complexity index is 896. The van der Waals surface area contributed by atoms with Crippen LogP contribution >= 0.6 is 11.8 Å². The van der Waals surface area contributed by atoms with Crippen molar-refractivity contribution in [3.05, 3.63) is 42.6 Å². The summed E-state index contributed by atoms with van der Waals surface area (Å²) < 4.78 is 75.8. The van der Waals surface area contributed by atoms with Crippen LogP contribution in [0.2, 0.25) is 0 Å². The first-order valence-electron chi connectivity index (χ1n) is 9.22. The molecule has 1 aliphatic heterocycles. The van der Waals surface area contributed by atoms with Crippen molar-refractivity contribution >= 4 is 35.0 Å². The molecule has 2 amide bonds. The zero-order valence-corrected chi connectivity index (χ0v) is 16.7. The second-order valence-corrected chi connectivity index (χ2v) is 7.97. The van der Waals surface area contributed by atoms with Gasteiger partial charge >= 0.3 is 17.7 Å². The minimum atomic E-state index is -4.41. The Morgan fingerprint density at radius 2 is 1.65 bits per heavy atom. The lowest BCUT2D eigenvalue weighted by molar-refractivity contribution is -0.179. The lowest BCUT2D eigenvalue weighted by Gasteiger charge is -2.34. The highest BCUT2D eigenvalue weighted by atomic mass is 32.2. The number of anilines is 3. The number of hydrogen-bond donors (Lipinski definition) is 2. The molecule has 5 nitrogen and oxygen atoms in total. The van der Waals surface area contributed by atoms with Crippen LogP contribution in [0, 0.1) is 5.92 Å². The number of piperidine rings is 1. The molecule has 0 saturated carbocycles. The predicted octanol–water partition coefficient (Wildman–Crippen LogP) is 6.12. The van der Waals surface area contributed by atoms with Gasteiger partial charge in [0, 0.05) is 29.9 Å². The first kappa shape index (κ1) is 23.0. The van der Waals surface area contributed by atoms with E-state index in [-0.39, 0.29) is 48.3 Å². The van der Waals surface area contributed by atoms with Crippen LogP contribution in [-0.2, 0) is 0 Å². The number of pyridine rings is 1. The van der Waals surface area contributed by atoms with Crippen molar-refractivity contribution in [2.75, 3.05) is 28.6 Å². The monoisotopic (exact) mass is 464 g/mol. The minimum absolute atomic E-state index is 0.0183. The third-order valence-electron chi connectivity index (χ3n) is 4.64. The summed E-state index contributed by atoms with van der Waals surface area (Å²) in [4.78, 5) is 18.2. The molecular formula is C19H18F6N4OS. The van der Waals surface area contributed by atoms with Crippen molar-refractivity contribution in [2.45, 2.75) is 29.4 Å². The number of alkyl halides is 6. The van der Waals surface area contributed by atoms with Crippen LogP contribution in [0.15, 0.2) is 47.5 Å². The molecule has 2 aromatic rings. The van der Waals surface area contributed by atoms with Crippen molar-refractivity contribution in [3.63, 3.8) is 0 Å². The van der Waals surface area contributed by atoms with Gasteiger partial charge in [0.05, 0.1) is 11.6 Å². The van der Waals surface area contributed by atoms with E-state index in [4.69, 9.17) is 0 Å². The van der Waals surface area contributed by atoms with E-state index in [0.717, 1.165) is 0 Å². The quantitative estimate of drug-likeness (QED) is 0.423. The average Bonchev–Trinajstić information content (AvgIpc) is 2.68. The van der Waals surface area contributed by atoms with E-state index >= 15 is 0 Å². The number of benzene rings is 1. The third-order valence-corrected chi connectivity index (χ3v) is 5.38. The summed E-state index contributed by atoms with van der Waals surface area (Å²) in [5, 5.41) is 5.09. The van der Waals surface area contributed by atoms with Gasteiger partial charge in [0.1, 0.15) is 0 Å². The Hall–Kier alpha value is -2.63. The predicted molar refractivity (Wildman–Crippen MR) is 106 cm³/mol. The first-order chi connectivity index (χ1) is 14.5. The van der Waals surface area contributed by atoms with E-state index in [1.807, 2.05) is 0 Å². The molecule has 2 heterocycles. The van der Waals surface area contributed by atoms with Crippen molar-refractivity contribution < 1.29 is 31.1 Å². The smallest absolute Gasteiger partial charge is 0.355 e. The number of halogens is 6. The summed E-state index contributed by atoms with van der Waals surface area (Å²) in [6.07, 6.45) is -2.88. The molecular weight excluding hydrogens is 446 g/mol. The van der Waals surface area contributed by atoms with Crippen molar-refractivity contribution in [1.82, 2.24) is 4.98 Å². The Kier molecular flexibility index (Phi) is 6.87. The van der Waals surface area contributed by atoms with Gasteiger partial charge in [-0.1, -0.05) is 0 Å². The summed E-state index contributed by atoms with van der Waals surface area (Å²) in [6, 6.07) is 7.61. The maximum Gasteiger partial charge on any atom is 0.446 e. The highest BCUT2D eigenvalue weighted by molar-refractivity contribution is 8.00. The van der Waals surface area contributed by atoms with Crippen molar-refractivity contribution in [1.29, 1.82) is 0 Å². The Labute approximate surface area is 178 Å². The average molecular weight is 464 g/mol. The van der Waals surface area contributed by atoms with Crippen molar-refractivity contribution in [2.24, 2.45) is 5.92 Å². The number of hydrogen-bond acceptors (Lipinski definition) is 4. The standard InChI is InChI=1S/C19H18F6N4OS/c20-18(21,22)12-7-10-29(11-8-12)16-15(2-1-9-26-16)28-17(30)27-13-3-5-14(6-4-13)31-19(23,24)25/h1-6,9,12H,7-8,10-11H2,(H2,27,28,30). The van der Waals surface area contributed by atoms with Crippen molar-refractivity contribution in [3.8, 4) is 0 Å². The Morgan fingerprint density at radius 1 is 1.00 bits per heavy atom. The van der Waals surface area contributed by atoms with Crippen LogP contribution in [-0.4, -0.2) is 35.8 Å². The number of urea groups is 1. The van der Waals surface area contributed by atoms with Crippen LogP contribution < -0.4 is 15.5 Å². The summed E-state index contributed by atoms with van der Waals surface area (Å²) in [7, 11) is 0. The molecule has 1 aromatic carbocycles. The largest absolute Gasteiger partial charge is 0.446 e. The molecule has 2 N–H and O–H groups in total. The molecule has 0 unspecified atom stereocenters. The zero-order chi connectivity index (χ0) is 22.6. The normalized spacial score (nSPS) is 15.6. The van der Waals surface area contributed by atoms with Gasteiger partial charge in [-0.05, 0) is 61.0 Å². The SMILES string of the molecule is O=C(Nc1ccc(SC(F)(F)F)cc1)Nc1cccnc1N1CCC(C(F)(F)F)CC1. The topological polar surface area (TPSA) is 57.3 Å². The molecule has 31 heavy (non-hydrogen) atoms. The van der Waals surface area contributed by atoms with Gasteiger partial charge in [0.25, 0.3) is 0 Å². The molecule has 0 spiro atoms. The van der Waals surface area contributed by atoms with Gasteiger partial charge in [0.2, 0.25) is 0 Å². The van der Waals surface area contributed by atoms with E-state index in [1.54, 1.807) is 17.0 Å². The number of carbonyl (C=O) groups excluding carboxylic acids is 1. The number of nitrogens with zero attached hydrogens (tertiary/aromatic N) is 2. The molecule has 12 heteroatoms. The number of aromatic nitrogens is 1. The molecule has 0 atom stereocenters. The van der Waals surface area contributed by atoms with E-state index in [9.17, 15) is 31.1 Å². The number of rotatable bonds is 4. The van der Waals surface area contributed by atoms with Gasteiger partial charge in [0.15, 0.2) is 5.82 Å². The molecule has 0 bridgehead atoms. The number of carbonyl (C=O) groups is 1. The maximum atomic E-state index is 12.9. The summed E-state index contributed by atoms with van der Waals surface area (Å²) in [5.74, 6) is -0.999. The summed E-state index contributed by atoms with van der Waals surface area (Å²) in [6.45, 7) is 0.297. The van der Waals surface area contributed by atoms with E-state index in [2.05, 4.69) is 15.6 Å². The van der Waals surface area contributed by atoms with Gasteiger partial charge in [-0.15, -0.1) is 0 Å². The fourth-order valence-corrected chi connectivity index (χ4v) is 3.73. The fraction of sp³-hybridized carbons (Fsp3) is 0.368. The molecule has 0 aliphatic carbocycles. The molecule has 1 aromatic heterocycles. The molecule has 1 saturated heterocycles. The van der Waals surface area contributed by atoms with Gasteiger partial charge in [-0.3, -0.25) is 0 Å². The highest BCUT2D eigenvalue weighted by Crippen LogP contribution is 2.38.